The highest BCUT2D eigenvalue weighted by Crippen LogP contribution is 2.32. The number of fused-ring (bicyclic) bond motifs is 1. The molecule has 4 rings (SSSR count). The van der Waals surface area contributed by atoms with Crippen molar-refractivity contribution in [2.75, 3.05) is 31.6 Å². The molecule has 0 aliphatic carbocycles. The average Bonchev–Trinajstić information content (AvgIpc) is 3.39. The Bertz CT molecular complexity index is 935. The maximum Gasteiger partial charge on any atom is 0.279 e. The van der Waals surface area contributed by atoms with Gasteiger partial charge in [0.05, 0.1) is 12.8 Å². The molecule has 8 nitrogen and oxygen atoms in total. The highest BCUT2D eigenvalue weighted by molar-refractivity contribution is 5.91. The summed E-state index contributed by atoms with van der Waals surface area (Å²) < 4.78 is 21.7. The van der Waals surface area contributed by atoms with Crippen molar-refractivity contribution in [2.45, 2.75) is 13.5 Å². The third kappa shape index (κ3) is 4.17. The van der Waals surface area contributed by atoms with Gasteiger partial charge in [0.25, 0.3) is 5.91 Å². The van der Waals surface area contributed by atoms with E-state index in [4.69, 9.17) is 18.4 Å². The number of ether oxygens (including phenoxy) is 2. The molecule has 0 radical (unpaired) electrons. The standard InChI is InChI=1S/C20H21N3O5/c1-2-23(12-15-11-19(28-22-15)16-4-3-7-25-16)13-20(24)21-14-5-6-17-18(10-14)27-9-8-26-17/h3-7,10-11H,2,8-9,12-13H2,1H3,(H,21,24)/p+1. The van der Waals surface area contributed by atoms with Gasteiger partial charge in [-0.15, -0.1) is 0 Å². The first kappa shape index (κ1) is 18.1. The normalized spacial score (nSPS) is 13.9. The summed E-state index contributed by atoms with van der Waals surface area (Å²) >= 11 is 0. The van der Waals surface area contributed by atoms with Crippen LogP contribution in [0.5, 0.6) is 11.5 Å². The van der Waals surface area contributed by atoms with Crippen LogP contribution in [-0.2, 0) is 11.3 Å². The number of aromatic nitrogens is 1. The summed E-state index contributed by atoms with van der Waals surface area (Å²) in [5.41, 5.74) is 1.46. The highest BCUT2D eigenvalue weighted by Gasteiger charge is 2.18. The van der Waals surface area contributed by atoms with Gasteiger partial charge >= 0.3 is 0 Å². The lowest BCUT2D eigenvalue weighted by Gasteiger charge is -2.19. The fraction of sp³-hybridized carbons (Fsp3) is 0.300. The zero-order valence-corrected chi connectivity index (χ0v) is 15.6. The zero-order valence-electron chi connectivity index (χ0n) is 15.6. The number of carbonyl (C=O) groups is 1. The molecule has 3 heterocycles. The van der Waals surface area contributed by atoms with E-state index in [0.29, 0.717) is 55.0 Å². The monoisotopic (exact) mass is 384 g/mol. The first-order valence-electron chi connectivity index (χ1n) is 9.24. The Kier molecular flexibility index (Phi) is 5.29. The maximum atomic E-state index is 12.5. The molecule has 28 heavy (non-hydrogen) atoms. The van der Waals surface area contributed by atoms with Crippen molar-refractivity contribution in [3.05, 3.63) is 48.4 Å². The van der Waals surface area contributed by atoms with Crippen LogP contribution in [-0.4, -0.2) is 37.4 Å². The number of hydrogen-bond donors (Lipinski definition) is 2. The van der Waals surface area contributed by atoms with Gasteiger partial charge in [0, 0.05) is 17.8 Å². The number of quaternary nitrogens is 1. The first-order chi connectivity index (χ1) is 13.7. The summed E-state index contributed by atoms with van der Waals surface area (Å²) in [6.45, 7) is 4.74. The number of amides is 1. The summed E-state index contributed by atoms with van der Waals surface area (Å²) in [5.74, 6) is 2.48. The van der Waals surface area contributed by atoms with Gasteiger partial charge in [-0.25, -0.2) is 0 Å². The molecule has 2 aromatic heterocycles. The smallest absolute Gasteiger partial charge is 0.279 e. The largest absolute Gasteiger partial charge is 0.486 e. The molecule has 0 spiro atoms. The molecular formula is C20H22N3O5+. The van der Waals surface area contributed by atoms with E-state index in [-0.39, 0.29) is 5.91 Å². The molecule has 1 aliphatic heterocycles. The van der Waals surface area contributed by atoms with E-state index < -0.39 is 0 Å². The van der Waals surface area contributed by atoms with Gasteiger partial charge in [-0.3, -0.25) is 4.79 Å². The van der Waals surface area contributed by atoms with Crippen molar-refractivity contribution in [1.29, 1.82) is 0 Å². The molecule has 146 valence electrons. The molecule has 1 aromatic carbocycles. The van der Waals surface area contributed by atoms with Crippen molar-refractivity contribution in [2.24, 2.45) is 0 Å². The van der Waals surface area contributed by atoms with Crippen molar-refractivity contribution in [3.8, 4) is 23.0 Å². The van der Waals surface area contributed by atoms with Crippen LogP contribution in [0, 0.1) is 0 Å². The highest BCUT2D eigenvalue weighted by atomic mass is 16.6. The summed E-state index contributed by atoms with van der Waals surface area (Å²) in [6.07, 6.45) is 1.59. The van der Waals surface area contributed by atoms with Gasteiger partial charge in [-0.1, -0.05) is 5.16 Å². The van der Waals surface area contributed by atoms with Gasteiger partial charge < -0.3 is 28.6 Å². The molecule has 8 heteroatoms. The molecule has 1 amide bonds. The van der Waals surface area contributed by atoms with Crippen LogP contribution in [0.4, 0.5) is 5.69 Å². The lowest BCUT2D eigenvalue weighted by molar-refractivity contribution is -0.904. The Morgan fingerprint density at radius 2 is 2.00 bits per heavy atom. The predicted octanol–water partition coefficient (Wildman–Crippen LogP) is 1.75. The molecule has 0 fully saturated rings. The van der Waals surface area contributed by atoms with Gasteiger partial charge in [-0.05, 0) is 31.2 Å². The van der Waals surface area contributed by atoms with E-state index in [1.807, 2.05) is 25.1 Å². The fourth-order valence-corrected chi connectivity index (χ4v) is 3.05. The number of anilines is 1. The molecule has 1 atom stereocenters. The molecule has 0 saturated carbocycles. The Hall–Kier alpha value is -3.26. The topological polar surface area (TPSA) is 91.2 Å². The Balaban J connectivity index is 1.35. The minimum atomic E-state index is -0.0803. The van der Waals surface area contributed by atoms with Crippen LogP contribution >= 0.6 is 0 Å². The average molecular weight is 384 g/mol. The molecule has 3 aromatic rings. The second-order valence-corrected chi connectivity index (χ2v) is 6.52. The van der Waals surface area contributed by atoms with E-state index in [9.17, 15) is 4.79 Å². The van der Waals surface area contributed by atoms with Crippen molar-refractivity contribution in [3.63, 3.8) is 0 Å². The zero-order chi connectivity index (χ0) is 19.3. The van der Waals surface area contributed by atoms with Crippen LogP contribution in [0.25, 0.3) is 11.5 Å². The van der Waals surface area contributed by atoms with Crippen LogP contribution in [0.1, 0.15) is 12.6 Å². The summed E-state index contributed by atoms with van der Waals surface area (Å²) in [6, 6.07) is 10.8. The Morgan fingerprint density at radius 1 is 1.14 bits per heavy atom. The van der Waals surface area contributed by atoms with Crippen LogP contribution < -0.4 is 19.7 Å². The van der Waals surface area contributed by atoms with E-state index in [1.54, 1.807) is 24.5 Å². The van der Waals surface area contributed by atoms with Gasteiger partial charge in [0.15, 0.2) is 23.8 Å². The lowest BCUT2D eigenvalue weighted by atomic mass is 10.2. The summed E-state index contributed by atoms with van der Waals surface area (Å²) in [4.78, 5) is 13.5. The summed E-state index contributed by atoms with van der Waals surface area (Å²) in [7, 11) is 0. The molecule has 2 N–H and O–H groups in total. The SMILES string of the molecule is CC[NH+](CC(=O)Nc1ccc2c(c1)OCCO2)Cc1cc(-c2ccco2)on1. The van der Waals surface area contributed by atoms with Crippen molar-refractivity contribution in [1.82, 2.24) is 5.16 Å². The van der Waals surface area contributed by atoms with E-state index in [2.05, 4.69) is 10.5 Å². The Morgan fingerprint density at radius 3 is 2.79 bits per heavy atom. The van der Waals surface area contributed by atoms with Crippen molar-refractivity contribution < 1.29 is 28.1 Å². The number of benzene rings is 1. The molecule has 1 aliphatic rings. The first-order valence-corrected chi connectivity index (χ1v) is 9.24. The van der Waals surface area contributed by atoms with Crippen LogP contribution in [0.3, 0.4) is 0 Å². The van der Waals surface area contributed by atoms with Gasteiger partial charge in [0.2, 0.25) is 5.76 Å². The molecule has 0 saturated heterocycles. The van der Waals surface area contributed by atoms with Gasteiger partial charge in [0.1, 0.15) is 25.5 Å². The number of nitrogens with zero attached hydrogens (tertiary/aromatic N) is 1. The maximum absolute atomic E-state index is 12.5. The second kappa shape index (κ2) is 8.18. The predicted molar refractivity (Wildman–Crippen MR) is 100 cm³/mol. The summed E-state index contributed by atoms with van der Waals surface area (Å²) in [5, 5.41) is 7.00. The fourth-order valence-electron chi connectivity index (χ4n) is 3.05. The van der Waals surface area contributed by atoms with Gasteiger partial charge in [-0.2, -0.15) is 0 Å². The number of rotatable bonds is 7. The second-order valence-electron chi connectivity index (χ2n) is 6.52. The molecule has 1 unspecified atom stereocenters. The van der Waals surface area contributed by atoms with E-state index in [1.165, 1.54) is 0 Å². The quantitative estimate of drug-likeness (QED) is 0.645. The van der Waals surface area contributed by atoms with Crippen LogP contribution in [0.15, 0.2) is 51.6 Å². The third-order valence-corrected chi connectivity index (χ3v) is 4.49. The number of hydrogen-bond acceptors (Lipinski definition) is 6. The minimum Gasteiger partial charge on any atom is -0.486 e. The van der Waals surface area contributed by atoms with Crippen LogP contribution in [0.2, 0.25) is 0 Å². The number of nitrogens with one attached hydrogen (secondary N) is 2. The molecule has 0 bridgehead atoms. The number of furan rings is 1. The Labute approximate surface area is 162 Å². The van der Waals surface area contributed by atoms with Crippen molar-refractivity contribution >= 4 is 11.6 Å². The number of carbonyl (C=O) groups excluding carboxylic acids is 1. The minimum absolute atomic E-state index is 0.0803. The van der Waals surface area contributed by atoms with E-state index >= 15 is 0 Å². The molecular weight excluding hydrogens is 362 g/mol. The van der Waals surface area contributed by atoms with E-state index in [0.717, 1.165) is 17.1 Å². The third-order valence-electron chi connectivity index (χ3n) is 4.49. The lowest BCUT2D eigenvalue weighted by Crippen LogP contribution is -3.11. The number of likely N-dealkylation sites (N-methyl/N-ethyl adjacent to an activating group) is 1.